The summed E-state index contributed by atoms with van der Waals surface area (Å²) in [4.78, 5) is 11.1. The number of thiophene rings is 1. The maximum atomic E-state index is 5.46. The molecule has 5 nitrogen and oxygen atoms in total. The van der Waals surface area contributed by atoms with Gasteiger partial charge >= 0.3 is 0 Å². The normalized spacial score (nSPS) is 17.6. The molecule has 0 amide bonds. The minimum absolute atomic E-state index is 0.388. The van der Waals surface area contributed by atoms with Gasteiger partial charge in [-0.3, -0.25) is 5.43 Å². The van der Waals surface area contributed by atoms with E-state index in [9.17, 15) is 0 Å². The van der Waals surface area contributed by atoms with Gasteiger partial charge in [-0.1, -0.05) is 19.8 Å². The van der Waals surface area contributed by atoms with Crippen LogP contribution in [0.3, 0.4) is 0 Å². The molecule has 20 heavy (non-hydrogen) atoms. The predicted molar refractivity (Wildman–Crippen MR) is 85.0 cm³/mol. The molecule has 3 rings (SSSR count). The Balaban J connectivity index is 1.89. The first-order valence-electron chi connectivity index (χ1n) is 7.08. The molecule has 0 radical (unpaired) electrons. The second-order valence-corrected chi connectivity index (χ2v) is 7.22. The van der Waals surface area contributed by atoms with Gasteiger partial charge in [-0.2, -0.15) is 4.98 Å². The Morgan fingerprint density at radius 3 is 2.80 bits per heavy atom. The molecule has 1 aliphatic rings. The maximum Gasteiger partial charge on any atom is 0.240 e. The van der Waals surface area contributed by atoms with Gasteiger partial charge in [-0.25, -0.2) is 10.8 Å². The molecule has 0 spiro atoms. The number of anilines is 2. The minimum atomic E-state index is 0.388. The van der Waals surface area contributed by atoms with Crippen molar-refractivity contribution >= 4 is 33.3 Å². The van der Waals surface area contributed by atoms with Gasteiger partial charge in [0.15, 0.2) is 0 Å². The summed E-state index contributed by atoms with van der Waals surface area (Å²) >= 11 is 1.67. The molecular formula is C14H21N5S. The van der Waals surface area contributed by atoms with E-state index in [0.717, 1.165) is 22.6 Å². The summed E-state index contributed by atoms with van der Waals surface area (Å²) in [7, 11) is 0. The van der Waals surface area contributed by atoms with E-state index in [-0.39, 0.29) is 0 Å². The molecule has 0 saturated heterocycles. The van der Waals surface area contributed by atoms with E-state index in [4.69, 9.17) is 5.84 Å². The molecule has 2 aromatic rings. The standard InChI is InChI=1S/C14H21N5S/c1-9-7-10-11(16-8-14(2)5-3-4-6-14)17-13(19-15)18-12(10)20-9/h7H,3-6,8,15H2,1-2H3,(H2,16,17,18,19). The van der Waals surface area contributed by atoms with Crippen molar-refractivity contribution < 1.29 is 0 Å². The summed E-state index contributed by atoms with van der Waals surface area (Å²) in [5, 5.41) is 4.61. The molecule has 1 saturated carbocycles. The summed E-state index contributed by atoms with van der Waals surface area (Å²) < 4.78 is 0. The van der Waals surface area contributed by atoms with Gasteiger partial charge in [0.1, 0.15) is 10.6 Å². The van der Waals surface area contributed by atoms with E-state index in [1.165, 1.54) is 30.6 Å². The van der Waals surface area contributed by atoms with Crippen LogP contribution in [0.25, 0.3) is 10.2 Å². The van der Waals surface area contributed by atoms with Gasteiger partial charge in [0.25, 0.3) is 0 Å². The van der Waals surface area contributed by atoms with Gasteiger partial charge in [0.2, 0.25) is 5.95 Å². The predicted octanol–water partition coefficient (Wildman–Crippen LogP) is 3.28. The van der Waals surface area contributed by atoms with Crippen LogP contribution in [0, 0.1) is 12.3 Å². The van der Waals surface area contributed by atoms with Crippen molar-refractivity contribution in [3.05, 3.63) is 10.9 Å². The molecule has 1 fully saturated rings. The highest BCUT2D eigenvalue weighted by molar-refractivity contribution is 7.18. The number of nitrogens with one attached hydrogen (secondary N) is 2. The first kappa shape index (κ1) is 13.6. The number of aryl methyl sites for hydroxylation is 1. The summed E-state index contributed by atoms with van der Waals surface area (Å²) in [6.07, 6.45) is 5.26. The molecule has 108 valence electrons. The summed E-state index contributed by atoms with van der Waals surface area (Å²) in [5.74, 6) is 6.82. The Bertz CT molecular complexity index is 615. The van der Waals surface area contributed by atoms with Crippen LogP contribution in [0.5, 0.6) is 0 Å². The zero-order valence-corrected chi connectivity index (χ0v) is 12.8. The van der Waals surface area contributed by atoms with Crippen LogP contribution in [0.1, 0.15) is 37.5 Å². The lowest BCUT2D eigenvalue weighted by Crippen LogP contribution is -2.23. The topological polar surface area (TPSA) is 75.9 Å². The van der Waals surface area contributed by atoms with Crippen LogP contribution in [0.15, 0.2) is 6.07 Å². The van der Waals surface area contributed by atoms with Crippen molar-refractivity contribution in [1.29, 1.82) is 0 Å². The third kappa shape index (κ3) is 2.58. The molecule has 6 heteroatoms. The average Bonchev–Trinajstić information content (AvgIpc) is 3.01. The zero-order valence-electron chi connectivity index (χ0n) is 12.0. The number of hydrazine groups is 1. The Kier molecular flexibility index (Phi) is 3.52. The molecule has 4 N–H and O–H groups in total. The van der Waals surface area contributed by atoms with Gasteiger partial charge in [0.05, 0.1) is 5.39 Å². The highest BCUT2D eigenvalue weighted by Gasteiger charge is 2.28. The third-order valence-electron chi connectivity index (χ3n) is 4.14. The zero-order chi connectivity index (χ0) is 14.2. The molecular weight excluding hydrogens is 270 g/mol. The highest BCUT2D eigenvalue weighted by atomic mass is 32.1. The van der Waals surface area contributed by atoms with Crippen LogP contribution < -0.4 is 16.6 Å². The van der Waals surface area contributed by atoms with Crippen molar-refractivity contribution in [1.82, 2.24) is 9.97 Å². The van der Waals surface area contributed by atoms with Gasteiger partial charge in [-0.05, 0) is 31.2 Å². The highest BCUT2D eigenvalue weighted by Crippen LogP contribution is 2.38. The van der Waals surface area contributed by atoms with Crippen molar-refractivity contribution in [2.24, 2.45) is 11.3 Å². The Hall–Kier alpha value is -1.40. The molecule has 1 aliphatic carbocycles. The number of nitrogens with zero attached hydrogens (tertiary/aromatic N) is 2. The second kappa shape index (κ2) is 5.18. The quantitative estimate of drug-likeness (QED) is 0.595. The molecule has 2 aromatic heterocycles. The minimum Gasteiger partial charge on any atom is -0.369 e. The third-order valence-corrected chi connectivity index (χ3v) is 5.08. The number of nitrogens with two attached hydrogens (primary N) is 1. The lowest BCUT2D eigenvalue weighted by Gasteiger charge is -2.24. The maximum absolute atomic E-state index is 5.46. The van der Waals surface area contributed by atoms with Crippen LogP contribution in [-0.4, -0.2) is 16.5 Å². The van der Waals surface area contributed by atoms with Crippen LogP contribution in [0.2, 0.25) is 0 Å². The van der Waals surface area contributed by atoms with Gasteiger partial charge < -0.3 is 5.32 Å². The molecule has 0 bridgehead atoms. The number of fused-ring (bicyclic) bond motifs is 1. The SMILES string of the molecule is Cc1cc2c(NCC3(C)CCCC3)nc(NN)nc2s1. The summed E-state index contributed by atoms with van der Waals surface area (Å²) in [6.45, 7) is 5.40. The molecule has 0 aromatic carbocycles. The lowest BCUT2D eigenvalue weighted by atomic mass is 9.89. The van der Waals surface area contributed by atoms with E-state index < -0.39 is 0 Å². The number of rotatable bonds is 4. The fourth-order valence-electron chi connectivity index (χ4n) is 2.94. The fourth-order valence-corrected chi connectivity index (χ4v) is 3.82. The first-order valence-corrected chi connectivity index (χ1v) is 7.90. The van der Waals surface area contributed by atoms with Crippen LogP contribution in [0.4, 0.5) is 11.8 Å². The van der Waals surface area contributed by atoms with Gasteiger partial charge in [-0.15, -0.1) is 11.3 Å². The molecule has 2 heterocycles. The largest absolute Gasteiger partial charge is 0.369 e. The van der Waals surface area contributed by atoms with E-state index in [0.29, 0.717) is 11.4 Å². The van der Waals surface area contributed by atoms with Crippen LogP contribution >= 0.6 is 11.3 Å². The Morgan fingerprint density at radius 2 is 2.10 bits per heavy atom. The van der Waals surface area contributed by atoms with Crippen molar-refractivity contribution in [2.45, 2.75) is 39.5 Å². The summed E-state index contributed by atoms with van der Waals surface area (Å²) in [5.41, 5.74) is 2.94. The van der Waals surface area contributed by atoms with Crippen molar-refractivity contribution in [3.63, 3.8) is 0 Å². The van der Waals surface area contributed by atoms with Crippen molar-refractivity contribution in [2.75, 3.05) is 17.3 Å². The van der Waals surface area contributed by atoms with Crippen molar-refractivity contribution in [3.8, 4) is 0 Å². The van der Waals surface area contributed by atoms with E-state index in [2.05, 4.69) is 40.6 Å². The van der Waals surface area contributed by atoms with E-state index in [1.807, 2.05) is 0 Å². The monoisotopic (exact) mass is 291 g/mol. The molecule has 0 unspecified atom stereocenters. The number of hydrogen-bond donors (Lipinski definition) is 3. The Morgan fingerprint density at radius 1 is 1.35 bits per heavy atom. The van der Waals surface area contributed by atoms with Gasteiger partial charge in [0, 0.05) is 11.4 Å². The first-order chi connectivity index (χ1) is 9.59. The van der Waals surface area contributed by atoms with E-state index >= 15 is 0 Å². The smallest absolute Gasteiger partial charge is 0.240 e. The number of aromatic nitrogens is 2. The average molecular weight is 291 g/mol. The fraction of sp³-hybridized carbons (Fsp3) is 0.571. The number of nitrogen functional groups attached to an aromatic ring is 1. The van der Waals surface area contributed by atoms with E-state index in [1.54, 1.807) is 11.3 Å². The number of hydrogen-bond acceptors (Lipinski definition) is 6. The van der Waals surface area contributed by atoms with Crippen LogP contribution in [-0.2, 0) is 0 Å². The lowest BCUT2D eigenvalue weighted by molar-refractivity contribution is 0.362. The summed E-state index contributed by atoms with van der Waals surface area (Å²) in [6, 6.07) is 2.14. The second-order valence-electron chi connectivity index (χ2n) is 5.99. The Labute approximate surface area is 123 Å². The molecule has 0 atom stereocenters. The molecule has 0 aliphatic heterocycles.